The van der Waals surface area contributed by atoms with Crippen molar-refractivity contribution in [3.05, 3.63) is 22.2 Å². The molecule has 1 aromatic carbocycles. The van der Waals surface area contributed by atoms with Crippen LogP contribution in [0.4, 0.5) is 11.4 Å². The van der Waals surface area contributed by atoms with Crippen molar-refractivity contribution in [2.24, 2.45) is 0 Å². The Kier molecular flexibility index (Phi) is 3.92. The third-order valence-electron chi connectivity index (χ3n) is 3.18. The minimum atomic E-state index is -1.05. The highest BCUT2D eigenvalue weighted by Crippen LogP contribution is 2.38. The standard InChI is InChI=1S/C13H17BrN2O2/c1-3-4-5-16(2)11-7-10-8(6-9(11)14)12(17)13(18)15-10/h6-7,12,17H,3-5H2,1-2H3,(H,15,18). The number of rotatable bonds is 4. The van der Waals surface area contributed by atoms with Gasteiger partial charge in [-0.2, -0.15) is 0 Å². The second kappa shape index (κ2) is 5.28. The molecule has 0 spiro atoms. The minimum absolute atomic E-state index is 0.356. The summed E-state index contributed by atoms with van der Waals surface area (Å²) < 4.78 is 0.899. The smallest absolute Gasteiger partial charge is 0.257 e. The van der Waals surface area contributed by atoms with Crippen molar-refractivity contribution < 1.29 is 9.90 Å². The van der Waals surface area contributed by atoms with E-state index in [9.17, 15) is 9.90 Å². The summed E-state index contributed by atoms with van der Waals surface area (Å²) in [5.74, 6) is -0.356. The molecule has 1 aliphatic heterocycles. The number of anilines is 2. The van der Waals surface area contributed by atoms with E-state index in [0.717, 1.165) is 29.5 Å². The molecule has 0 saturated carbocycles. The van der Waals surface area contributed by atoms with Gasteiger partial charge in [0.05, 0.1) is 5.69 Å². The zero-order valence-electron chi connectivity index (χ0n) is 10.5. The Morgan fingerprint density at radius 1 is 1.50 bits per heavy atom. The number of nitrogens with zero attached hydrogens (tertiary/aromatic N) is 1. The van der Waals surface area contributed by atoms with Gasteiger partial charge in [-0.05, 0) is 34.5 Å². The van der Waals surface area contributed by atoms with Crippen LogP contribution < -0.4 is 10.2 Å². The van der Waals surface area contributed by atoms with E-state index in [1.54, 1.807) is 0 Å². The largest absolute Gasteiger partial charge is 0.378 e. The Bertz CT molecular complexity index is 476. The molecule has 1 atom stereocenters. The fraction of sp³-hybridized carbons (Fsp3) is 0.462. The maximum Gasteiger partial charge on any atom is 0.257 e. The lowest BCUT2D eigenvalue weighted by atomic mass is 10.1. The summed E-state index contributed by atoms with van der Waals surface area (Å²) in [6, 6.07) is 3.72. The number of halogens is 1. The number of carbonyl (C=O) groups excluding carboxylic acids is 1. The van der Waals surface area contributed by atoms with Crippen LogP contribution in [0, 0.1) is 0 Å². The Balaban J connectivity index is 2.29. The summed E-state index contributed by atoms with van der Waals surface area (Å²) in [4.78, 5) is 13.5. The van der Waals surface area contributed by atoms with Crippen molar-refractivity contribution in [1.29, 1.82) is 0 Å². The summed E-state index contributed by atoms with van der Waals surface area (Å²) >= 11 is 3.50. The van der Waals surface area contributed by atoms with Crippen LogP contribution in [0.25, 0.3) is 0 Å². The number of fused-ring (bicyclic) bond motifs is 1. The highest BCUT2D eigenvalue weighted by molar-refractivity contribution is 9.10. The zero-order valence-corrected chi connectivity index (χ0v) is 12.1. The van der Waals surface area contributed by atoms with E-state index in [2.05, 4.69) is 33.1 Å². The molecule has 1 heterocycles. The van der Waals surface area contributed by atoms with Crippen LogP contribution in [0.1, 0.15) is 31.4 Å². The summed E-state index contributed by atoms with van der Waals surface area (Å²) in [5.41, 5.74) is 2.37. The van der Waals surface area contributed by atoms with Crippen LogP contribution in [0.5, 0.6) is 0 Å². The summed E-state index contributed by atoms with van der Waals surface area (Å²) in [5, 5.41) is 12.4. The summed E-state index contributed by atoms with van der Waals surface area (Å²) in [6.45, 7) is 3.12. The highest BCUT2D eigenvalue weighted by Gasteiger charge is 2.29. The molecule has 0 aromatic heterocycles. The van der Waals surface area contributed by atoms with Crippen molar-refractivity contribution in [2.75, 3.05) is 23.8 Å². The van der Waals surface area contributed by atoms with Crippen LogP contribution in [-0.2, 0) is 4.79 Å². The Morgan fingerprint density at radius 2 is 2.22 bits per heavy atom. The predicted octanol–water partition coefficient (Wildman–Crippen LogP) is 2.67. The van der Waals surface area contributed by atoms with Crippen LogP contribution in [0.3, 0.4) is 0 Å². The number of nitrogens with one attached hydrogen (secondary N) is 1. The third kappa shape index (κ3) is 2.37. The average molecular weight is 313 g/mol. The lowest BCUT2D eigenvalue weighted by Crippen LogP contribution is -2.18. The van der Waals surface area contributed by atoms with E-state index in [1.165, 1.54) is 0 Å². The topological polar surface area (TPSA) is 52.6 Å². The first-order valence-corrected chi connectivity index (χ1v) is 6.87. The molecule has 0 fully saturated rings. The number of hydrogen-bond donors (Lipinski definition) is 2. The second-order valence-electron chi connectivity index (χ2n) is 4.56. The van der Waals surface area contributed by atoms with E-state index >= 15 is 0 Å². The molecule has 1 aromatic rings. The van der Waals surface area contributed by atoms with Gasteiger partial charge in [-0.15, -0.1) is 0 Å². The zero-order chi connectivity index (χ0) is 13.3. The van der Waals surface area contributed by atoms with E-state index in [4.69, 9.17) is 0 Å². The number of unbranched alkanes of at least 4 members (excludes halogenated alkanes) is 1. The fourth-order valence-electron chi connectivity index (χ4n) is 2.06. The van der Waals surface area contributed by atoms with Gasteiger partial charge in [-0.25, -0.2) is 0 Å². The molecule has 18 heavy (non-hydrogen) atoms. The van der Waals surface area contributed by atoms with Gasteiger partial charge in [-0.3, -0.25) is 4.79 Å². The lowest BCUT2D eigenvalue weighted by molar-refractivity contribution is -0.123. The molecule has 2 N–H and O–H groups in total. The first kappa shape index (κ1) is 13.4. The number of amides is 1. The quantitative estimate of drug-likeness (QED) is 0.898. The van der Waals surface area contributed by atoms with Crippen LogP contribution >= 0.6 is 15.9 Å². The maximum atomic E-state index is 11.4. The van der Waals surface area contributed by atoms with Crippen LogP contribution in [0.15, 0.2) is 16.6 Å². The number of hydrogen-bond acceptors (Lipinski definition) is 3. The number of aliphatic hydroxyl groups excluding tert-OH is 1. The molecule has 5 heteroatoms. The molecule has 4 nitrogen and oxygen atoms in total. The van der Waals surface area contributed by atoms with Gasteiger partial charge >= 0.3 is 0 Å². The van der Waals surface area contributed by atoms with E-state index in [-0.39, 0.29) is 5.91 Å². The van der Waals surface area contributed by atoms with Gasteiger partial charge in [0.1, 0.15) is 0 Å². The molecular formula is C13H17BrN2O2. The second-order valence-corrected chi connectivity index (χ2v) is 5.41. The van der Waals surface area contributed by atoms with Crippen molar-refractivity contribution in [1.82, 2.24) is 0 Å². The van der Waals surface area contributed by atoms with Gasteiger partial charge in [0.2, 0.25) is 0 Å². The Hall–Kier alpha value is -1.07. The van der Waals surface area contributed by atoms with Crippen LogP contribution in [-0.4, -0.2) is 24.6 Å². The fourth-order valence-corrected chi connectivity index (χ4v) is 2.73. The Morgan fingerprint density at radius 3 is 2.89 bits per heavy atom. The summed E-state index contributed by atoms with van der Waals surface area (Å²) in [7, 11) is 2.02. The maximum absolute atomic E-state index is 11.4. The predicted molar refractivity (Wildman–Crippen MR) is 75.9 cm³/mol. The van der Waals surface area contributed by atoms with Crippen molar-refractivity contribution in [3.63, 3.8) is 0 Å². The number of aliphatic hydroxyl groups is 1. The monoisotopic (exact) mass is 312 g/mol. The van der Waals surface area contributed by atoms with E-state index in [1.807, 2.05) is 19.2 Å². The highest BCUT2D eigenvalue weighted by atomic mass is 79.9. The molecule has 1 unspecified atom stereocenters. The van der Waals surface area contributed by atoms with Crippen molar-refractivity contribution in [3.8, 4) is 0 Å². The summed E-state index contributed by atoms with van der Waals surface area (Å²) in [6.07, 6.45) is 1.21. The minimum Gasteiger partial charge on any atom is -0.378 e. The third-order valence-corrected chi connectivity index (χ3v) is 3.81. The molecule has 2 rings (SSSR count). The SMILES string of the molecule is CCCCN(C)c1cc2c(cc1Br)C(O)C(=O)N2. The van der Waals surface area contributed by atoms with Gasteiger partial charge in [0.25, 0.3) is 5.91 Å². The Labute approximate surface area is 115 Å². The van der Waals surface area contributed by atoms with E-state index < -0.39 is 6.10 Å². The van der Waals surface area contributed by atoms with Gasteiger partial charge in [0.15, 0.2) is 6.10 Å². The van der Waals surface area contributed by atoms with Crippen molar-refractivity contribution in [2.45, 2.75) is 25.9 Å². The first-order chi connectivity index (χ1) is 8.54. The molecule has 0 aliphatic carbocycles. The van der Waals surface area contributed by atoms with Gasteiger partial charge < -0.3 is 15.3 Å². The molecule has 0 saturated heterocycles. The average Bonchev–Trinajstić information content (AvgIpc) is 2.62. The molecule has 1 aliphatic rings. The lowest BCUT2D eigenvalue weighted by Gasteiger charge is -2.21. The molecule has 0 bridgehead atoms. The normalized spacial score (nSPS) is 17.6. The number of benzene rings is 1. The van der Waals surface area contributed by atoms with Gasteiger partial charge in [-0.1, -0.05) is 13.3 Å². The molecule has 98 valence electrons. The molecular weight excluding hydrogens is 296 g/mol. The molecule has 0 radical (unpaired) electrons. The van der Waals surface area contributed by atoms with Crippen LogP contribution in [0.2, 0.25) is 0 Å². The van der Waals surface area contributed by atoms with E-state index in [0.29, 0.717) is 11.3 Å². The first-order valence-electron chi connectivity index (χ1n) is 6.08. The van der Waals surface area contributed by atoms with Gasteiger partial charge in [0, 0.05) is 29.3 Å². The van der Waals surface area contributed by atoms with Crippen molar-refractivity contribution >= 4 is 33.2 Å². The number of carbonyl (C=O) groups is 1. The molecule has 1 amide bonds.